The molecule has 0 radical (unpaired) electrons. The van der Waals surface area contributed by atoms with Crippen molar-refractivity contribution in [1.82, 2.24) is 4.57 Å². The van der Waals surface area contributed by atoms with E-state index in [4.69, 9.17) is 4.74 Å². The molecule has 1 aliphatic heterocycles. The number of hydrogen-bond acceptors (Lipinski definition) is 2. The zero-order valence-electron chi connectivity index (χ0n) is 9.54. The molecule has 17 heavy (non-hydrogen) atoms. The summed E-state index contributed by atoms with van der Waals surface area (Å²) in [6.07, 6.45) is 1.48. The average Bonchev–Trinajstić information content (AvgIpc) is 3.05. The van der Waals surface area contributed by atoms with Crippen LogP contribution in [0.5, 0.6) is 0 Å². The molecule has 0 spiro atoms. The van der Waals surface area contributed by atoms with E-state index in [9.17, 15) is 4.79 Å². The van der Waals surface area contributed by atoms with Crippen molar-refractivity contribution in [1.29, 1.82) is 0 Å². The average molecular weight is 227 g/mol. The van der Waals surface area contributed by atoms with E-state index in [1.165, 1.54) is 0 Å². The number of aryl methyl sites for hydroxylation is 1. The first kappa shape index (κ1) is 10.3. The van der Waals surface area contributed by atoms with Crippen LogP contribution in [0, 0.1) is 0 Å². The summed E-state index contributed by atoms with van der Waals surface area (Å²) in [6, 6.07) is 13.5. The maximum atomic E-state index is 12.1. The largest absolute Gasteiger partial charge is 0.356 e. The van der Waals surface area contributed by atoms with Crippen LogP contribution in [0.4, 0.5) is 0 Å². The number of nitrogens with zero attached hydrogens (tertiary/aromatic N) is 1. The Morgan fingerprint density at radius 3 is 2.59 bits per heavy atom. The first-order chi connectivity index (χ1) is 8.27. The molecule has 3 rings (SSSR count). The van der Waals surface area contributed by atoms with Gasteiger partial charge in [0.25, 0.3) is 0 Å². The number of ether oxygens (including phenoxy) is 1. The van der Waals surface area contributed by atoms with E-state index in [-0.39, 0.29) is 18.0 Å². The van der Waals surface area contributed by atoms with Crippen molar-refractivity contribution in [3.8, 4) is 0 Å². The van der Waals surface area contributed by atoms with Gasteiger partial charge in [-0.1, -0.05) is 30.3 Å². The van der Waals surface area contributed by atoms with Gasteiger partial charge in [0.2, 0.25) is 5.78 Å². The lowest BCUT2D eigenvalue weighted by Gasteiger charge is -1.99. The van der Waals surface area contributed by atoms with Crippen LogP contribution in [0.1, 0.15) is 22.2 Å². The van der Waals surface area contributed by atoms with Gasteiger partial charge < -0.3 is 9.30 Å². The second-order valence-electron chi connectivity index (χ2n) is 4.26. The van der Waals surface area contributed by atoms with Crippen LogP contribution in [0.2, 0.25) is 0 Å². The maximum Gasteiger partial charge on any atom is 0.210 e. The monoisotopic (exact) mass is 227 g/mol. The summed E-state index contributed by atoms with van der Waals surface area (Å²) >= 11 is 0. The topological polar surface area (TPSA) is 34.5 Å². The molecule has 1 fully saturated rings. The highest BCUT2D eigenvalue weighted by molar-refractivity contribution is 6.00. The molecule has 0 amide bonds. The number of Topliss-reactive ketones (excluding diaryl/α,β-unsaturated/α-hetero) is 1. The lowest BCUT2D eigenvalue weighted by molar-refractivity contribution is 0.0945. The van der Waals surface area contributed by atoms with Crippen molar-refractivity contribution in [3.05, 3.63) is 59.9 Å². The molecule has 0 bridgehead atoms. The molecule has 1 aliphatic rings. The van der Waals surface area contributed by atoms with E-state index in [1.54, 1.807) is 0 Å². The Hall–Kier alpha value is -1.87. The van der Waals surface area contributed by atoms with Gasteiger partial charge in [0.15, 0.2) is 6.10 Å². The second-order valence-corrected chi connectivity index (χ2v) is 4.26. The molecule has 1 saturated heterocycles. The molecular formula is C14H13NO2. The van der Waals surface area contributed by atoms with Crippen LogP contribution in [0.3, 0.4) is 0 Å². The van der Waals surface area contributed by atoms with Crippen molar-refractivity contribution in [2.75, 3.05) is 0 Å². The van der Waals surface area contributed by atoms with Gasteiger partial charge in [-0.3, -0.25) is 4.79 Å². The molecular weight excluding hydrogens is 214 g/mol. The summed E-state index contributed by atoms with van der Waals surface area (Å²) in [5.41, 5.74) is 1.77. The van der Waals surface area contributed by atoms with Crippen LogP contribution in [-0.2, 0) is 11.8 Å². The first-order valence-corrected chi connectivity index (χ1v) is 5.63. The van der Waals surface area contributed by atoms with E-state index >= 15 is 0 Å². The van der Waals surface area contributed by atoms with Crippen LogP contribution < -0.4 is 0 Å². The summed E-state index contributed by atoms with van der Waals surface area (Å²) < 4.78 is 7.31. The Morgan fingerprint density at radius 1 is 1.18 bits per heavy atom. The Balaban J connectivity index is 1.78. The molecule has 0 N–H and O–H groups in total. The van der Waals surface area contributed by atoms with Gasteiger partial charge in [0, 0.05) is 13.2 Å². The smallest absolute Gasteiger partial charge is 0.210 e. The number of carbonyl (C=O) groups excluding carboxylic acids is 1. The van der Waals surface area contributed by atoms with Gasteiger partial charge in [0.05, 0.1) is 5.69 Å². The van der Waals surface area contributed by atoms with Gasteiger partial charge >= 0.3 is 0 Å². The molecule has 2 heterocycles. The second kappa shape index (κ2) is 3.86. The standard InChI is InChI=1S/C14H13NO2/c1-15-9-5-8-11(15)12(16)14-13(17-14)10-6-3-2-4-7-10/h2-9,13-14H,1H3/t13-,14-/m1/s1. The van der Waals surface area contributed by atoms with Crippen molar-refractivity contribution in [3.63, 3.8) is 0 Å². The van der Waals surface area contributed by atoms with Crippen LogP contribution in [-0.4, -0.2) is 16.5 Å². The van der Waals surface area contributed by atoms with E-state index < -0.39 is 0 Å². The molecule has 0 aliphatic carbocycles. The highest BCUT2D eigenvalue weighted by Gasteiger charge is 2.46. The zero-order valence-corrected chi connectivity index (χ0v) is 9.54. The Morgan fingerprint density at radius 2 is 1.94 bits per heavy atom. The Bertz CT molecular complexity index is 544. The van der Waals surface area contributed by atoms with Crippen LogP contribution in [0.25, 0.3) is 0 Å². The molecule has 1 aromatic carbocycles. The number of benzene rings is 1. The fourth-order valence-corrected chi connectivity index (χ4v) is 2.07. The molecule has 0 saturated carbocycles. The highest BCUT2D eigenvalue weighted by Crippen LogP contribution is 2.40. The summed E-state index contributed by atoms with van der Waals surface area (Å²) in [7, 11) is 1.87. The third kappa shape index (κ3) is 1.78. The quantitative estimate of drug-likeness (QED) is 0.596. The summed E-state index contributed by atoms with van der Waals surface area (Å²) in [5, 5.41) is 0. The fourth-order valence-electron chi connectivity index (χ4n) is 2.07. The van der Waals surface area contributed by atoms with Gasteiger partial charge in [-0.05, 0) is 17.7 Å². The van der Waals surface area contributed by atoms with Gasteiger partial charge in [0.1, 0.15) is 6.10 Å². The van der Waals surface area contributed by atoms with Gasteiger partial charge in [-0.2, -0.15) is 0 Å². The van der Waals surface area contributed by atoms with Gasteiger partial charge in [-0.15, -0.1) is 0 Å². The molecule has 3 nitrogen and oxygen atoms in total. The number of aromatic nitrogens is 1. The zero-order chi connectivity index (χ0) is 11.8. The molecule has 0 unspecified atom stereocenters. The Labute approximate surface area is 99.6 Å². The molecule has 1 aromatic heterocycles. The van der Waals surface area contributed by atoms with E-state index in [0.29, 0.717) is 5.69 Å². The highest BCUT2D eigenvalue weighted by atomic mass is 16.6. The van der Waals surface area contributed by atoms with Gasteiger partial charge in [-0.25, -0.2) is 0 Å². The lowest BCUT2D eigenvalue weighted by Crippen LogP contribution is -2.12. The molecule has 2 aromatic rings. The minimum Gasteiger partial charge on any atom is -0.356 e. The summed E-state index contributed by atoms with van der Waals surface area (Å²) in [4.78, 5) is 12.1. The van der Waals surface area contributed by atoms with E-state index in [2.05, 4.69) is 0 Å². The van der Waals surface area contributed by atoms with E-state index in [1.807, 2.05) is 60.3 Å². The maximum absolute atomic E-state index is 12.1. The predicted molar refractivity (Wildman–Crippen MR) is 63.8 cm³/mol. The van der Waals surface area contributed by atoms with E-state index in [0.717, 1.165) is 5.56 Å². The fraction of sp³-hybridized carbons (Fsp3) is 0.214. The van der Waals surface area contributed by atoms with Crippen molar-refractivity contribution in [2.24, 2.45) is 7.05 Å². The lowest BCUT2D eigenvalue weighted by atomic mass is 10.1. The van der Waals surface area contributed by atoms with Crippen LogP contribution in [0.15, 0.2) is 48.7 Å². The Kier molecular flexibility index (Phi) is 2.34. The minimum absolute atomic E-state index is 0.0614. The molecule has 2 atom stereocenters. The van der Waals surface area contributed by atoms with Crippen molar-refractivity contribution < 1.29 is 9.53 Å². The SMILES string of the molecule is Cn1cccc1C(=O)[C@H]1O[C@@H]1c1ccccc1. The van der Waals surface area contributed by atoms with Crippen molar-refractivity contribution in [2.45, 2.75) is 12.2 Å². The molecule has 86 valence electrons. The number of rotatable bonds is 3. The van der Waals surface area contributed by atoms with Crippen molar-refractivity contribution >= 4 is 5.78 Å². The normalized spacial score (nSPS) is 22.4. The summed E-state index contributed by atoms with van der Waals surface area (Å²) in [6.45, 7) is 0. The first-order valence-electron chi connectivity index (χ1n) is 5.63. The summed E-state index contributed by atoms with van der Waals surface area (Å²) in [5.74, 6) is 0.0614. The predicted octanol–water partition coefficient (Wildman–Crippen LogP) is 2.35. The molecule has 3 heteroatoms. The third-order valence-electron chi connectivity index (χ3n) is 3.07. The van der Waals surface area contributed by atoms with Crippen LogP contribution >= 0.6 is 0 Å². The third-order valence-corrected chi connectivity index (χ3v) is 3.07. The number of carbonyl (C=O) groups is 1. The number of hydrogen-bond donors (Lipinski definition) is 0. The minimum atomic E-state index is -0.314. The number of epoxide rings is 1. The number of ketones is 1.